The third-order valence-electron chi connectivity index (χ3n) is 3.97. The highest BCUT2D eigenvalue weighted by Crippen LogP contribution is 2.31. The summed E-state index contributed by atoms with van der Waals surface area (Å²) < 4.78 is 0. The number of anilines is 2. The van der Waals surface area contributed by atoms with Crippen molar-refractivity contribution in [1.29, 1.82) is 0 Å². The first-order chi connectivity index (χ1) is 10.2. The van der Waals surface area contributed by atoms with Crippen LogP contribution in [0.3, 0.4) is 0 Å². The Balaban J connectivity index is 1.88. The Bertz CT molecular complexity index is 622. The first kappa shape index (κ1) is 14.1. The Morgan fingerprint density at radius 3 is 2.62 bits per heavy atom. The van der Waals surface area contributed by atoms with Crippen molar-refractivity contribution in [2.75, 3.05) is 17.2 Å². The van der Waals surface area contributed by atoms with Crippen LogP contribution in [0, 0.1) is 0 Å². The van der Waals surface area contributed by atoms with Crippen molar-refractivity contribution in [3.63, 3.8) is 0 Å². The van der Waals surface area contributed by atoms with Crippen molar-refractivity contribution in [1.82, 2.24) is 0 Å². The van der Waals surface area contributed by atoms with Crippen LogP contribution >= 0.6 is 11.3 Å². The first-order valence-electron chi connectivity index (χ1n) is 7.48. The van der Waals surface area contributed by atoms with E-state index in [1.807, 2.05) is 36.1 Å². The molecule has 0 spiro atoms. The third kappa shape index (κ3) is 2.81. The van der Waals surface area contributed by atoms with Crippen LogP contribution in [0.5, 0.6) is 0 Å². The highest BCUT2D eigenvalue weighted by Gasteiger charge is 2.21. The summed E-state index contributed by atoms with van der Waals surface area (Å²) in [7, 11) is 0. The number of thiophene rings is 1. The average molecular weight is 300 g/mol. The SMILES string of the molecule is CCN(C(=O)c1cc2c(s1)CCCC2)c1ccc(N)cc1. The Hall–Kier alpha value is -1.81. The van der Waals surface area contributed by atoms with Gasteiger partial charge in [-0.2, -0.15) is 0 Å². The van der Waals surface area contributed by atoms with Crippen LogP contribution in [-0.2, 0) is 12.8 Å². The van der Waals surface area contributed by atoms with E-state index in [0.29, 0.717) is 12.2 Å². The maximum Gasteiger partial charge on any atom is 0.268 e. The third-order valence-corrected chi connectivity index (χ3v) is 5.20. The van der Waals surface area contributed by atoms with Crippen LogP contribution in [0.2, 0.25) is 0 Å². The van der Waals surface area contributed by atoms with Gasteiger partial charge in [0.2, 0.25) is 0 Å². The van der Waals surface area contributed by atoms with Crippen molar-refractivity contribution in [2.45, 2.75) is 32.6 Å². The molecule has 1 aromatic heterocycles. The van der Waals surface area contributed by atoms with Crippen molar-refractivity contribution in [2.24, 2.45) is 0 Å². The number of hydrogen-bond acceptors (Lipinski definition) is 3. The van der Waals surface area contributed by atoms with E-state index in [2.05, 4.69) is 6.07 Å². The molecule has 0 saturated carbocycles. The number of aryl methyl sites for hydroxylation is 2. The fourth-order valence-electron chi connectivity index (χ4n) is 2.83. The quantitative estimate of drug-likeness (QED) is 0.874. The van der Waals surface area contributed by atoms with Crippen LogP contribution in [0.25, 0.3) is 0 Å². The van der Waals surface area contributed by atoms with Gasteiger partial charge < -0.3 is 10.6 Å². The van der Waals surface area contributed by atoms with Gasteiger partial charge in [-0.3, -0.25) is 4.79 Å². The Morgan fingerprint density at radius 1 is 1.24 bits per heavy atom. The maximum atomic E-state index is 12.8. The van der Waals surface area contributed by atoms with Crippen molar-refractivity contribution in [3.8, 4) is 0 Å². The second-order valence-electron chi connectivity index (χ2n) is 5.41. The van der Waals surface area contributed by atoms with Crippen LogP contribution in [0.4, 0.5) is 11.4 Å². The molecule has 0 saturated heterocycles. The summed E-state index contributed by atoms with van der Waals surface area (Å²) in [6.07, 6.45) is 4.73. The van der Waals surface area contributed by atoms with Gasteiger partial charge in [0.1, 0.15) is 0 Å². The molecule has 3 nitrogen and oxygen atoms in total. The van der Waals surface area contributed by atoms with Gasteiger partial charge in [0.25, 0.3) is 5.91 Å². The summed E-state index contributed by atoms with van der Waals surface area (Å²) in [4.78, 5) is 16.9. The number of benzene rings is 1. The van der Waals surface area contributed by atoms with E-state index in [1.165, 1.54) is 23.3 Å². The monoisotopic (exact) mass is 300 g/mol. The molecule has 2 N–H and O–H groups in total. The van der Waals surface area contributed by atoms with Gasteiger partial charge in [-0.15, -0.1) is 11.3 Å². The van der Waals surface area contributed by atoms with Crippen LogP contribution in [-0.4, -0.2) is 12.5 Å². The molecule has 1 aliphatic carbocycles. The molecule has 1 heterocycles. The molecule has 1 aromatic carbocycles. The Kier molecular flexibility index (Phi) is 3.97. The molecule has 3 rings (SSSR count). The lowest BCUT2D eigenvalue weighted by Crippen LogP contribution is -2.29. The predicted octanol–water partition coefficient (Wildman–Crippen LogP) is 3.88. The Labute approximate surface area is 129 Å². The molecule has 21 heavy (non-hydrogen) atoms. The number of carbonyl (C=O) groups excluding carboxylic acids is 1. The number of nitrogen functional groups attached to an aromatic ring is 1. The Morgan fingerprint density at radius 2 is 1.95 bits per heavy atom. The fourth-order valence-corrected chi connectivity index (χ4v) is 4.03. The highest BCUT2D eigenvalue weighted by atomic mass is 32.1. The molecule has 0 unspecified atom stereocenters. The van der Waals surface area contributed by atoms with Crippen molar-refractivity contribution in [3.05, 3.63) is 45.6 Å². The summed E-state index contributed by atoms with van der Waals surface area (Å²) in [6, 6.07) is 9.59. The van der Waals surface area contributed by atoms with Gasteiger partial charge in [-0.25, -0.2) is 0 Å². The topological polar surface area (TPSA) is 46.3 Å². The molecular formula is C17H20N2OS. The molecular weight excluding hydrogens is 280 g/mol. The molecule has 1 aliphatic rings. The average Bonchev–Trinajstić information content (AvgIpc) is 2.93. The van der Waals surface area contributed by atoms with Crippen LogP contribution in [0.15, 0.2) is 30.3 Å². The molecule has 1 amide bonds. The van der Waals surface area contributed by atoms with E-state index in [4.69, 9.17) is 5.73 Å². The molecule has 0 fully saturated rings. The van der Waals surface area contributed by atoms with E-state index in [-0.39, 0.29) is 5.91 Å². The number of rotatable bonds is 3. The molecule has 0 atom stereocenters. The highest BCUT2D eigenvalue weighted by molar-refractivity contribution is 7.14. The number of fused-ring (bicyclic) bond motifs is 1. The lowest BCUT2D eigenvalue weighted by molar-refractivity contribution is 0.0992. The lowest BCUT2D eigenvalue weighted by Gasteiger charge is -2.20. The predicted molar refractivity (Wildman–Crippen MR) is 89.2 cm³/mol. The molecule has 4 heteroatoms. The van der Waals surface area contributed by atoms with Gasteiger partial charge in [0, 0.05) is 22.8 Å². The standard InChI is InChI=1S/C17H20N2OS/c1-2-19(14-9-7-13(18)8-10-14)17(20)16-11-12-5-3-4-6-15(12)21-16/h7-11H,2-6,18H2,1H3. The number of amides is 1. The lowest BCUT2D eigenvalue weighted by atomic mass is 9.99. The summed E-state index contributed by atoms with van der Waals surface area (Å²) in [5.41, 5.74) is 8.72. The second kappa shape index (κ2) is 5.90. The summed E-state index contributed by atoms with van der Waals surface area (Å²) in [5.74, 6) is 0.0988. The molecule has 0 aliphatic heterocycles. The van der Waals surface area contributed by atoms with E-state index < -0.39 is 0 Å². The van der Waals surface area contributed by atoms with E-state index in [9.17, 15) is 4.79 Å². The maximum absolute atomic E-state index is 12.8. The zero-order valence-electron chi connectivity index (χ0n) is 12.3. The number of hydrogen-bond donors (Lipinski definition) is 1. The van der Waals surface area contributed by atoms with Gasteiger partial charge in [-0.1, -0.05) is 0 Å². The molecule has 0 radical (unpaired) electrons. The summed E-state index contributed by atoms with van der Waals surface area (Å²) in [5, 5.41) is 0. The van der Waals surface area contributed by atoms with Gasteiger partial charge in [0.05, 0.1) is 4.88 Å². The number of nitrogens with two attached hydrogens (primary N) is 1. The van der Waals surface area contributed by atoms with Gasteiger partial charge in [-0.05, 0) is 68.5 Å². The minimum atomic E-state index is 0.0988. The van der Waals surface area contributed by atoms with Gasteiger partial charge >= 0.3 is 0 Å². The molecule has 110 valence electrons. The normalized spacial score (nSPS) is 13.8. The minimum Gasteiger partial charge on any atom is -0.399 e. The van der Waals surface area contributed by atoms with Crippen molar-refractivity contribution < 1.29 is 4.79 Å². The van der Waals surface area contributed by atoms with E-state index in [0.717, 1.165) is 23.4 Å². The fraction of sp³-hybridized carbons (Fsp3) is 0.353. The number of carbonyl (C=O) groups is 1. The molecule has 2 aromatic rings. The summed E-state index contributed by atoms with van der Waals surface area (Å²) >= 11 is 1.67. The zero-order chi connectivity index (χ0) is 14.8. The van der Waals surface area contributed by atoms with Crippen molar-refractivity contribution >= 4 is 28.6 Å². The van der Waals surface area contributed by atoms with Crippen LogP contribution < -0.4 is 10.6 Å². The minimum absolute atomic E-state index is 0.0988. The summed E-state index contributed by atoms with van der Waals surface area (Å²) in [6.45, 7) is 2.66. The van der Waals surface area contributed by atoms with Crippen LogP contribution in [0.1, 0.15) is 39.9 Å². The molecule has 0 bridgehead atoms. The van der Waals surface area contributed by atoms with E-state index >= 15 is 0 Å². The first-order valence-corrected chi connectivity index (χ1v) is 8.29. The van der Waals surface area contributed by atoms with E-state index in [1.54, 1.807) is 11.3 Å². The smallest absolute Gasteiger partial charge is 0.268 e. The number of nitrogens with zero attached hydrogens (tertiary/aromatic N) is 1. The zero-order valence-corrected chi connectivity index (χ0v) is 13.1. The largest absolute Gasteiger partial charge is 0.399 e. The second-order valence-corrected chi connectivity index (χ2v) is 6.54. The van der Waals surface area contributed by atoms with Gasteiger partial charge in [0.15, 0.2) is 0 Å².